The first-order valence-electron chi connectivity index (χ1n) is 6.44. The normalized spacial score (nSPS) is 10.4. The molecule has 21 heavy (non-hydrogen) atoms. The molecule has 0 bridgehead atoms. The van der Waals surface area contributed by atoms with Crippen molar-refractivity contribution in [3.05, 3.63) is 63.9 Å². The predicted molar refractivity (Wildman–Crippen MR) is 78.5 cm³/mol. The number of carboxylic acids is 1. The molecule has 0 fully saturated rings. The number of aryl methyl sites for hydroxylation is 1. The molecule has 2 aromatic rings. The second kappa shape index (κ2) is 6.59. The van der Waals surface area contributed by atoms with Crippen LogP contribution >= 0.6 is 11.6 Å². The number of hydrogen-bond acceptors (Lipinski definition) is 2. The largest absolute Gasteiger partial charge is 0.489 e. The molecular weight excluding hydrogens is 295 g/mol. The number of benzene rings is 2. The number of ether oxygens (including phenoxy) is 1. The molecule has 2 aromatic carbocycles. The molecule has 3 nitrogen and oxygen atoms in total. The van der Waals surface area contributed by atoms with Gasteiger partial charge in [-0.2, -0.15) is 0 Å². The van der Waals surface area contributed by atoms with Crippen LogP contribution in [-0.4, -0.2) is 11.1 Å². The summed E-state index contributed by atoms with van der Waals surface area (Å²) in [5.41, 5.74) is 1.19. The van der Waals surface area contributed by atoms with Crippen molar-refractivity contribution in [2.75, 3.05) is 0 Å². The molecule has 5 heteroatoms. The third-order valence-electron chi connectivity index (χ3n) is 3.07. The Kier molecular flexibility index (Phi) is 4.81. The fourth-order valence-corrected chi connectivity index (χ4v) is 2.15. The van der Waals surface area contributed by atoms with E-state index in [1.807, 2.05) is 13.0 Å². The maximum absolute atomic E-state index is 13.5. The van der Waals surface area contributed by atoms with E-state index in [-0.39, 0.29) is 12.2 Å². The van der Waals surface area contributed by atoms with Gasteiger partial charge in [0.05, 0.1) is 5.56 Å². The third kappa shape index (κ3) is 3.73. The van der Waals surface area contributed by atoms with Crippen molar-refractivity contribution < 1.29 is 19.0 Å². The van der Waals surface area contributed by atoms with Gasteiger partial charge < -0.3 is 9.84 Å². The highest BCUT2D eigenvalue weighted by Crippen LogP contribution is 2.23. The first-order chi connectivity index (χ1) is 10.0. The number of carbonyl (C=O) groups is 1. The molecule has 0 spiro atoms. The van der Waals surface area contributed by atoms with Crippen molar-refractivity contribution in [2.45, 2.75) is 20.0 Å². The van der Waals surface area contributed by atoms with E-state index in [9.17, 15) is 9.18 Å². The standard InChI is InChI=1S/C16H14ClFO3/c1-2-11-8-12(4-6-14(11)17)21-9-10-3-5-13(16(19)20)15(18)7-10/h3-8H,2,9H2,1H3,(H,19,20). The number of rotatable bonds is 5. The maximum Gasteiger partial charge on any atom is 0.338 e. The summed E-state index contributed by atoms with van der Waals surface area (Å²) in [6.07, 6.45) is 0.790. The van der Waals surface area contributed by atoms with Crippen LogP contribution in [0.25, 0.3) is 0 Å². The van der Waals surface area contributed by atoms with Gasteiger partial charge in [-0.3, -0.25) is 0 Å². The van der Waals surface area contributed by atoms with Crippen LogP contribution in [-0.2, 0) is 13.0 Å². The fourth-order valence-electron chi connectivity index (χ4n) is 1.90. The van der Waals surface area contributed by atoms with Gasteiger partial charge in [-0.05, 0) is 47.9 Å². The Morgan fingerprint density at radius 2 is 2.05 bits per heavy atom. The zero-order valence-electron chi connectivity index (χ0n) is 11.4. The molecule has 110 valence electrons. The molecule has 0 amide bonds. The highest BCUT2D eigenvalue weighted by atomic mass is 35.5. The topological polar surface area (TPSA) is 46.5 Å². The van der Waals surface area contributed by atoms with Crippen LogP contribution in [0.2, 0.25) is 5.02 Å². The van der Waals surface area contributed by atoms with Gasteiger partial charge in [0.2, 0.25) is 0 Å². The minimum absolute atomic E-state index is 0.154. The van der Waals surface area contributed by atoms with Gasteiger partial charge in [0.25, 0.3) is 0 Å². The lowest BCUT2D eigenvalue weighted by molar-refractivity contribution is 0.0692. The van der Waals surface area contributed by atoms with Gasteiger partial charge in [0.15, 0.2) is 0 Å². The van der Waals surface area contributed by atoms with Crippen LogP contribution in [0.1, 0.15) is 28.4 Å². The lowest BCUT2D eigenvalue weighted by Gasteiger charge is -2.09. The Balaban J connectivity index is 2.09. The summed E-state index contributed by atoms with van der Waals surface area (Å²) in [4.78, 5) is 10.7. The second-order valence-corrected chi connectivity index (χ2v) is 4.92. The predicted octanol–water partition coefficient (Wildman–Crippen LogP) is 4.32. The van der Waals surface area contributed by atoms with E-state index in [0.717, 1.165) is 12.0 Å². The molecule has 0 aromatic heterocycles. The SMILES string of the molecule is CCc1cc(OCc2ccc(C(=O)O)c(F)c2)ccc1Cl. The van der Waals surface area contributed by atoms with E-state index in [4.69, 9.17) is 21.4 Å². The Morgan fingerprint density at radius 3 is 2.67 bits per heavy atom. The van der Waals surface area contributed by atoms with Crippen molar-refractivity contribution in [1.82, 2.24) is 0 Å². The van der Waals surface area contributed by atoms with Crippen LogP contribution < -0.4 is 4.74 Å². The van der Waals surface area contributed by atoms with Crippen LogP contribution in [0.3, 0.4) is 0 Å². The summed E-state index contributed by atoms with van der Waals surface area (Å²) in [5, 5.41) is 9.45. The van der Waals surface area contributed by atoms with Gasteiger partial charge in [-0.15, -0.1) is 0 Å². The molecule has 0 saturated carbocycles. The monoisotopic (exact) mass is 308 g/mol. The first kappa shape index (κ1) is 15.3. The van der Waals surface area contributed by atoms with E-state index in [1.54, 1.807) is 12.1 Å². The minimum Gasteiger partial charge on any atom is -0.489 e. The lowest BCUT2D eigenvalue weighted by Crippen LogP contribution is -2.03. The smallest absolute Gasteiger partial charge is 0.338 e. The number of carboxylic acid groups (broad SMARTS) is 1. The Morgan fingerprint density at radius 1 is 1.29 bits per heavy atom. The summed E-state index contributed by atoms with van der Waals surface area (Å²) in [6.45, 7) is 2.15. The molecule has 2 rings (SSSR count). The molecule has 0 atom stereocenters. The van der Waals surface area contributed by atoms with Crippen LogP contribution in [0.15, 0.2) is 36.4 Å². The van der Waals surface area contributed by atoms with E-state index < -0.39 is 11.8 Å². The van der Waals surface area contributed by atoms with Gasteiger partial charge >= 0.3 is 5.97 Å². The van der Waals surface area contributed by atoms with E-state index in [1.165, 1.54) is 18.2 Å². The first-order valence-corrected chi connectivity index (χ1v) is 6.82. The molecule has 0 unspecified atom stereocenters. The molecule has 0 aliphatic heterocycles. The quantitative estimate of drug-likeness (QED) is 0.895. The van der Waals surface area contributed by atoms with Crippen LogP contribution in [0.4, 0.5) is 4.39 Å². The zero-order chi connectivity index (χ0) is 15.4. The zero-order valence-corrected chi connectivity index (χ0v) is 12.2. The van der Waals surface area contributed by atoms with E-state index >= 15 is 0 Å². The summed E-state index contributed by atoms with van der Waals surface area (Å²) >= 11 is 6.02. The van der Waals surface area contributed by atoms with Crippen molar-refractivity contribution >= 4 is 17.6 Å². The molecule has 0 aliphatic rings. The van der Waals surface area contributed by atoms with Crippen LogP contribution in [0, 0.1) is 5.82 Å². The van der Waals surface area contributed by atoms with Gasteiger partial charge in [-0.1, -0.05) is 24.6 Å². The maximum atomic E-state index is 13.5. The number of aromatic carboxylic acids is 1. The minimum atomic E-state index is -1.29. The lowest BCUT2D eigenvalue weighted by atomic mass is 10.1. The molecular formula is C16H14ClFO3. The molecule has 0 heterocycles. The molecule has 0 saturated heterocycles. The van der Waals surface area contributed by atoms with E-state index in [0.29, 0.717) is 16.3 Å². The number of hydrogen-bond donors (Lipinski definition) is 1. The van der Waals surface area contributed by atoms with Crippen molar-refractivity contribution in [2.24, 2.45) is 0 Å². The van der Waals surface area contributed by atoms with Gasteiger partial charge in [0, 0.05) is 5.02 Å². The molecule has 1 N–H and O–H groups in total. The van der Waals surface area contributed by atoms with Crippen LogP contribution in [0.5, 0.6) is 5.75 Å². The summed E-state index contributed by atoms with van der Waals surface area (Å²) in [7, 11) is 0. The Bertz CT molecular complexity index is 671. The Hall–Kier alpha value is -2.07. The van der Waals surface area contributed by atoms with Gasteiger partial charge in [0.1, 0.15) is 18.2 Å². The molecule has 0 aliphatic carbocycles. The highest BCUT2D eigenvalue weighted by molar-refractivity contribution is 6.31. The van der Waals surface area contributed by atoms with Crippen molar-refractivity contribution in [1.29, 1.82) is 0 Å². The average Bonchev–Trinajstić information content (AvgIpc) is 2.46. The van der Waals surface area contributed by atoms with E-state index in [2.05, 4.69) is 0 Å². The van der Waals surface area contributed by atoms with Crippen molar-refractivity contribution in [3.63, 3.8) is 0 Å². The fraction of sp³-hybridized carbons (Fsp3) is 0.188. The van der Waals surface area contributed by atoms with Crippen molar-refractivity contribution in [3.8, 4) is 5.75 Å². The van der Waals surface area contributed by atoms with Gasteiger partial charge in [-0.25, -0.2) is 9.18 Å². The summed E-state index contributed by atoms with van der Waals surface area (Å²) in [6, 6.07) is 9.26. The number of halogens is 2. The third-order valence-corrected chi connectivity index (χ3v) is 3.44. The Labute approximate surface area is 126 Å². The average molecular weight is 309 g/mol. The summed E-state index contributed by atoms with van der Waals surface area (Å²) < 4.78 is 19.1. The highest BCUT2D eigenvalue weighted by Gasteiger charge is 2.10. The molecule has 0 radical (unpaired) electrons. The second-order valence-electron chi connectivity index (χ2n) is 4.51. The summed E-state index contributed by atoms with van der Waals surface area (Å²) in [5.74, 6) is -1.42.